The first kappa shape index (κ1) is 34.6. The Morgan fingerprint density at radius 1 is 1.00 bits per heavy atom. The van der Waals surface area contributed by atoms with Gasteiger partial charge in [-0.1, -0.05) is 67.0 Å². The zero-order chi connectivity index (χ0) is 32.3. The number of ketones is 1. The molecule has 1 aliphatic heterocycles. The second-order valence-corrected chi connectivity index (χ2v) is 15.2. The molecular formula is C35H50BrN3O4. The van der Waals surface area contributed by atoms with E-state index in [1.54, 1.807) is 0 Å². The lowest BCUT2D eigenvalue weighted by Gasteiger charge is -2.28. The molecule has 0 unspecified atom stereocenters. The fourth-order valence-corrected chi connectivity index (χ4v) is 6.22. The third-order valence-corrected chi connectivity index (χ3v) is 8.23. The van der Waals surface area contributed by atoms with Crippen LogP contribution in [0.5, 0.6) is 5.75 Å². The number of hydrogen-bond acceptors (Lipinski definition) is 5. The summed E-state index contributed by atoms with van der Waals surface area (Å²) in [4.78, 5) is 28.1. The molecule has 0 saturated carbocycles. The highest BCUT2D eigenvalue weighted by Gasteiger charge is 2.39. The average Bonchev–Trinajstić information content (AvgIpc) is 3.18. The van der Waals surface area contributed by atoms with Gasteiger partial charge in [-0.2, -0.15) is 4.02 Å². The van der Waals surface area contributed by atoms with E-state index in [0.29, 0.717) is 17.2 Å². The standard InChI is InChI=1S/C35H50BrN3O4/c1-11-12-23-20-39(21-29(40)24-18-27(33(2,3)4)30(41)28(19-24)34(5,6)7)31(38-36)26(23)17-22-13-15-25(16-14-22)37-32(42)43-35(8,9)10/h13-16,18-19,23,26,41H,11-12,17,20-21H2,1-10H3,(H,37,42)/t23-,26+/m0/s1. The summed E-state index contributed by atoms with van der Waals surface area (Å²) in [6.07, 6.45) is 2.36. The summed E-state index contributed by atoms with van der Waals surface area (Å²) >= 11 is 3.38. The summed E-state index contributed by atoms with van der Waals surface area (Å²) < 4.78 is 9.89. The lowest BCUT2D eigenvalue weighted by Crippen LogP contribution is -2.33. The number of benzene rings is 2. The van der Waals surface area contributed by atoms with Gasteiger partial charge in [-0.25, -0.2) is 4.79 Å². The Bertz CT molecular complexity index is 1300. The summed E-state index contributed by atoms with van der Waals surface area (Å²) in [6.45, 7) is 21.0. The van der Waals surface area contributed by atoms with Crippen LogP contribution in [0.25, 0.3) is 0 Å². The highest BCUT2D eigenvalue weighted by atomic mass is 79.9. The van der Waals surface area contributed by atoms with E-state index >= 15 is 0 Å². The maximum Gasteiger partial charge on any atom is 0.412 e. The van der Waals surface area contributed by atoms with E-state index in [1.807, 2.05) is 57.2 Å². The second-order valence-electron chi connectivity index (χ2n) is 14.8. The molecule has 2 aromatic carbocycles. The maximum absolute atomic E-state index is 13.8. The van der Waals surface area contributed by atoms with Crippen LogP contribution in [0, 0.1) is 11.8 Å². The minimum atomic E-state index is -0.564. The number of carbonyl (C=O) groups excluding carboxylic acids is 2. The van der Waals surface area contributed by atoms with Crippen molar-refractivity contribution in [2.45, 2.75) is 105 Å². The summed E-state index contributed by atoms with van der Waals surface area (Å²) in [5, 5.41) is 13.9. The number of aromatic hydroxyl groups is 1. The van der Waals surface area contributed by atoms with Crippen LogP contribution < -0.4 is 5.32 Å². The fourth-order valence-electron chi connectivity index (χ4n) is 5.74. The molecule has 0 spiro atoms. The Morgan fingerprint density at radius 3 is 2.02 bits per heavy atom. The molecule has 2 N–H and O–H groups in total. The molecule has 1 amide bonds. The molecule has 1 heterocycles. The Kier molecular flexibility index (Phi) is 10.8. The molecule has 2 aromatic rings. The van der Waals surface area contributed by atoms with Crippen molar-refractivity contribution < 1.29 is 19.4 Å². The van der Waals surface area contributed by atoms with Gasteiger partial charge in [0, 0.05) is 34.8 Å². The zero-order valence-corrected chi connectivity index (χ0v) is 29.2. The van der Waals surface area contributed by atoms with Gasteiger partial charge in [-0.3, -0.25) is 10.1 Å². The van der Waals surface area contributed by atoms with Crippen molar-refractivity contribution in [2.75, 3.05) is 18.4 Å². The molecular weight excluding hydrogens is 606 g/mol. The molecule has 0 aliphatic carbocycles. The van der Waals surface area contributed by atoms with E-state index in [4.69, 9.17) is 4.74 Å². The van der Waals surface area contributed by atoms with E-state index in [2.05, 4.69) is 78.8 Å². The lowest BCUT2D eigenvalue weighted by atomic mass is 9.78. The van der Waals surface area contributed by atoms with Crippen LogP contribution in [0.4, 0.5) is 10.5 Å². The van der Waals surface area contributed by atoms with E-state index in [1.165, 1.54) is 0 Å². The number of nitrogens with one attached hydrogen (secondary N) is 1. The van der Waals surface area contributed by atoms with Crippen molar-refractivity contribution in [3.63, 3.8) is 0 Å². The van der Waals surface area contributed by atoms with Crippen LogP contribution in [0.1, 0.15) is 109 Å². The average molecular weight is 657 g/mol. The minimum Gasteiger partial charge on any atom is -0.507 e. The van der Waals surface area contributed by atoms with Crippen molar-refractivity contribution in [2.24, 2.45) is 15.9 Å². The highest BCUT2D eigenvalue weighted by Crippen LogP contribution is 2.40. The molecule has 0 aromatic heterocycles. The van der Waals surface area contributed by atoms with E-state index in [-0.39, 0.29) is 34.8 Å². The van der Waals surface area contributed by atoms with Gasteiger partial charge in [0.2, 0.25) is 0 Å². The Hall–Kier alpha value is -2.87. The zero-order valence-electron chi connectivity index (χ0n) is 27.6. The van der Waals surface area contributed by atoms with Gasteiger partial charge in [-0.05, 0) is 80.2 Å². The third kappa shape index (κ3) is 9.07. The molecule has 1 aliphatic rings. The normalized spacial score (nSPS) is 18.7. The first-order chi connectivity index (χ1) is 19.8. The molecule has 1 saturated heterocycles. The summed E-state index contributed by atoms with van der Waals surface area (Å²) in [6, 6.07) is 11.5. The maximum atomic E-state index is 13.8. The number of likely N-dealkylation sites (tertiary alicyclic amines) is 1. The van der Waals surface area contributed by atoms with Gasteiger partial charge < -0.3 is 14.7 Å². The molecule has 2 atom stereocenters. The van der Waals surface area contributed by atoms with Crippen molar-refractivity contribution in [3.05, 3.63) is 58.7 Å². The van der Waals surface area contributed by atoms with Crippen molar-refractivity contribution in [1.29, 1.82) is 0 Å². The number of rotatable bonds is 8. The van der Waals surface area contributed by atoms with Crippen molar-refractivity contribution in [1.82, 2.24) is 4.90 Å². The number of hydrogen-bond donors (Lipinski definition) is 2. The summed E-state index contributed by atoms with van der Waals surface area (Å²) in [5.41, 5.74) is 2.80. The fraction of sp³-hybridized carbons (Fsp3) is 0.571. The van der Waals surface area contributed by atoms with Crippen LogP contribution >= 0.6 is 16.1 Å². The lowest BCUT2D eigenvalue weighted by molar-refractivity contribution is 0.0635. The van der Waals surface area contributed by atoms with Crippen molar-refractivity contribution >= 4 is 39.5 Å². The predicted molar refractivity (Wildman–Crippen MR) is 180 cm³/mol. The van der Waals surface area contributed by atoms with Gasteiger partial charge >= 0.3 is 6.09 Å². The monoisotopic (exact) mass is 655 g/mol. The van der Waals surface area contributed by atoms with Crippen LogP contribution in [-0.2, 0) is 22.0 Å². The Labute approximate surface area is 266 Å². The van der Waals surface area contributed by atoms with Gasteiger partial charge in [-0.15, -0.1) is 0 Å². The smallest absolute Gasteiger partial charge is 0.412 e. The number of halogens is 1. The molecule has 236 valence electrons. The highest BCUT2D eigenvalue weighted by molar-refractivity contribution is 9.08. The van der Waals surface area contributed by atoms with Gasteiger partial charge in [0.1, 0.15) is 17.2 Å². The van der Waals surface area contributed by atoms with Gasteiger partial charge in [0.25, 0.3) is 0 Å². The Morgan fingerprint density at radius 2 is 1.56 bits per heavy atom. The Balaban J connectivity index is 1.82. The molecule has 0 bridgehead atoms. The number of Topliss-reactive ketones (excluding diaryl/α,β-unsaturated/α-hetero) is 1. The molecule has 0 radical (unpaired) electrons. The number of amidine groups is 1. The molecule has 7 nitrogen and oxygen atoms in total. The first-order valence-electron chi connectivity index (χ1n) is 15.3. The van der Waals surface area contributed by atoms with Gasteiger partial charge in [0.05, 0.1) is 22.7 Å². The van der Waals surface area contributed by atoms with E-state index in [9.17, 15) is 14.7 Å². The van der Waals surface area contributed by atoms with Crippen LogP contribution in [-0.4, -0.2) is 46.4 Å². The number of carbonyl (C=O) groups is 2. The molecule has 1 fully saturated rings. The van der Waals surface area contributed by atoms with E-state index in [0.717, 1.165) is 48.3 Å². The molecule has 43 heavy (non-hydrogen) atoms. The van der Waals surface area contributed by atoms with E-state index < -0.39 is 11.7 Å². The number of phenols is 1. The number of amides is 1. The SMILES string of the molecule is CCC[C@H]1CN(CC(=O)c2cc(C(C)(C)C)c(O)c(C(C)(C)C)c2)C(=NBr)[C@@H]1Cc1ccc(NC(=O)OC(C)(C)C)cc1. The quantitative estimate of drug-likeness (QED) is 0.277. The second kappa shape index (κ2) is 13.4. The van der Waals surface area contributed by atoms with Crippen LogP contribution in [0.2, 0.25) is 0 Å². The topological polar surface area (TPSA) is 91.2 Å². The van der Waals surface area contributed by atoms with Crippen LogP contribution in [0.3, 0.4) is 0 Å². The van der Waals surface area contributed by atoms with Crippen LogP contribution in [0.15, 0.2) is 40.4 Å². The minimum absolute atomic E-state index is 0.0121. The number of nitrogens with zero attached hydrogens (tertiary/aromatic N) is 2. The van der Waals surface area contributed by atoms with Gasteiger partial charge in [0.15, 0.2) is 5.78 Å². The molecule has 8 heteroatoms. The third-order valence-electron chi connectivity index (χ3n) is 7.86. The summed E-state index contributed by atoms with van der Waals surface area (Å²) in [7, 11) is 0. The number of phenolic OH excluding ortho intramolecular Hbond substituents is 1. The largest absolute Gasteiger partial charge is 0.507 e. The molecule has 3 rings (SSSR count). The van der Waals surface area contributed by atoms with Crippen molar-refractivity contribution in [3.8, 4) is 5.75 Å². The first-order valence-corrected chi connectivity index (χ1v) is 16.0. The number of ether oxygens (including phenoxy) is 1. The predicted octanol–water partition coefficient (Wildman–Crippen LogP) is 8.82. The number of anilines is 1. The summed E-state index contributed by atoms with van der Waals surface area (Å²) in [5.74, 6) is 1.66.